The summed E-state index contributed by atoms with van der Waals surface area (Å²) in [5.41, 5.74) is 2.56. The van der Waals surface area contributed by atoms with Crippen LogP contribution < -0.4 is 4.74 Å². The molecule has 0 bridgehead atoms. The van der Waals surface area contributed by atoms with Crippen LogP contribution in [-0.2, 0) is 0 Å². The molecule has 0 saturated carbocycles. The van der Waals surface area contributed by atoms with Crippen LogP contribution in [0.1, 0.15) is 26.4 Å². The molecule has 1 heterocycles. The van der Waals surface area contributed by atoms with Gasteiger partial charge in [0, 0.05) is 0 Å². The van der Waals surface area contributed by atoms with E-state index in [-0.39, 0.29) is 5.78 Å². The van der Waals surface area contributed by atoms with E-state index >= 15 is 0 Å². The van der Waals surface area contributed by atoms with E-state index < -0.39 is 0 Å². The molecule has 2 rings (SSSR count). The molecule has 0 saturated heterocycles. The highest BCUT2D eigenvalue weighted by Crippen LogP contribution is 2.27. The highest BCUT2D eigenvalue weighted by molar-refractivity contribution is 7.08. The summed E-state index contributed by atoms with van der Waals surface area (Å²) >= 11 is 1.09. The lowest BCUT2D eigenvalue weighted by Crippen LogP contribution is -2.05. The van der Waals surface area contributed by atoms with E-state index in [1.807, 2.05) is 26.0 Å². The predicted octanol–water partition coefficient (Wildman–Crippen LogP) is 2.39. The van der Waals surface area contributed by atoms with Gasteiger partial charge < -0.3 is 4.74 Å². The van der Waals surface area contributed by atoms with E-state index in [2.05, 4.69) is 9.59 Å². The van der Waals surface area contributed by atoms with Crippen molar-refractivity contribution in [2.24, 2.45) is 0 Å². The second kappa shape index (κ2) is 4.63. The summed E-state index contributed by atoms with van der Waals surface area (Å²) in [5, 5.41) is 3.68. The fourth-order valence-corrected chi connectivity index (χ4v) is 2.23. The van der Waals surface area contributed by atoms with Crippen molar-refractivity contribution in [1.29, 1.82) is 0 Å². The summed E-state index contributed by atoms with van der Waals surface area (Å²) in [6.45, 7) is 3.87. The summed E-state index contributed by atoms with van der Waals surface area (Å²) in [6.07, 6.45) is 1.48. The van der Waals surface area contributed by atoms with Gasteiger partial charge in [-0.2, -0.15) is 0 Å². The predicted molar refractivity (Wildman–Crippen MR) is 65.8 cm³/mol. The average molecular weight is 248 g/mol. The van der Waals surface area contributed by atoms with Crippen LogP contribution >= 0.6 is 11.5 Å². The molecule has 0 spiro atoms. The quantitative estimate of drug-likeness (QED) is 0.783. The molecule has 1 aromatic carbocycles. The second-order valence-electron chi connectivity index (χ2n) is 3.77. The first-order valence-corrected chi connectivity index (χ1v) is 5.88. The second-order valence-corrected chi connectivity index (χ2v) is 4.56. The lowest BCUT2D eigenvalue weighted by atomic mass is 10.00. The molecule has 2 aromatic rings. The van der Waals surface area contributed by atoms with Crippen LogP contribution in [-0.4, -0.2) is 22.5 Å². The average Bonchev–Trinajstić information content (AvgIpc) is 2.80. The minimum atomic E-state index is -0.0886. The minimum absolute atomic E-state index is 0.0886. The fraction of sp³-hybridized carbons (Fsp3) is 0.250. The number of ketones is 1. The van der Waals surface area contributed by atoms with Crippen molar-refractivity contribution in [2.75, 3.05) is 7.11 Å². The molecule has 0 N–H and O–H groups in total. The van der Waals surface area contributed by atoms with Gasteiger partial charge in [0.1, 0.15) is 10.6 Å². The van der Waals surface area contributed by atoms with E-state index in [1.54, 1.807) is 7.11 Å². The number of ether oxygens (including phenoxy) is 1. The highest BCUT2D eigenvalue weighted by atomic mass is 32.1. The molecule has 0 unspecified atom stereocenters. The van der Waals surface area contributed by atoms with Crippen LogP contribution in [0.2, 0.25) is 0 Å². The van der Waals surface area contributed by atoms with Crippen LogP contribution in [0, 0.1) is 13.8 Å². The van der Waals surface area contributed by atoms with Gasteiger partial charge in [-0.15, -0.1) is 5.10 Å². The van der Waals surface area contributed by atoms with E-state index in [0.29, 0.717) is 16.2 Å². The number of aryl methyl sites for hydroxylation is 2. The van der Waals surface area contributed by atoms with E-state index in [4.69, 9.17) is 4.74 Å². The first-order valence-electron chi connectivity index (χ1n) is 5.10. The molecule has 88 valence electrons. The summed E-state index contributed by atoms with van der Waals surface area (Å²) in [7, 11) is 1.57. The van der Waals surface area contributed by atoms with E-state index in [1.165, 1.54) is 6.20 Å². The standard InChI is InChI=1S/C12H12N2O2S/c1-7-4-8(2)11(9(5-7)16-3)12(15)10-6-13-14-17-10/h4-6H,1-3H3. The molecule has 1 aromatic heterocycles. The van der Waals surface area contributed by atoms with Crippen molar-refractivity contribution >= 4 is 17.3 Å². The molecular formula is C12H12N2O2S. The van der Waals surface area contributed by atoms with Gasteiger partial charge in [-0.05, 0) is 42.6 Å². The number of rotatable bonds is 3. The molecule has 17 heavy (non-hydrogen) atoms. The van der Waals surface area contributed by atoms with Gasteiger partial charge >= 0.3 is 0 Å². The molecular weight excluding hydrogens is 236 g/mol. The molecule has 0 radical (unpaired) electrons. The van der Waals surface area contributed by atoms with Gasteiger partial charge in [0.15, 0.2) is 0 Å². The number of hydrogen-bond donors (Lipinski definition) is 0. The molecule has 4 nitrogen and oxygen atoms in total. The van der Waals surface area contributed by atoms with Gasteiger partial charge in [0.2, 0.25) is 5.78 Å². The third-order valence-electron chi connectivity index (χ3n) is 2.48. The van der Waals surface area contributed by atoms with Gasteiger partial charge in [0.05, 0.1) is 18.9 Å². The van der Waals surface area contributed by atoms with Gasteiger partial charge in [0.25, 0.3) is 0 Å². The Balaban J connectivity index is 2.55. The molecule has 0 amide bonds. The highest BCUT2D eigenvalue weighted by Gasteiger charge is 2.19. The van der Waals surface area contributed by atoms with Crippen LogP contribution in [0.3, 0.4) is 0 Å². The summed E-state index contributed by atoms with van der Waals surface area (Å²) in [6, 6.07) is 3.82. The van der Waals surface area contributed by atoms with Crippen molar-refractivity contribution in [3.63, 3.8) is 0 Å². The molecule has 0 fully saturated rings. The van der Waals surface area contributed by atoms with Crippen molar-refractivity contribution in [3.8, 4) is 5.75 Å². The zero-order valence-corrected chi connectivity index (χ0v) is 10.7. The maximum atomic E-state index is 12.3. The smallest absolute Gasteiger partial charge is 0.210 e. The zero-order chi connectivity index (χ0) is 12.4. The number of benzene rings is 1. The topological polar surface area (TPSA) is 52.1 Å². The Hall–Kier alpha value is -1.75. The Kier molecular flexibility index (Phi) is 3.19. The SMILES string of the molecule is COc1cc(C)cc(C)c1C(=O)c1cnns1. The number of aromatic nitrogens is 2. The molecule has 0 atom stereocenters. The van der Waals surface area contributed by atoms with Gasteiger partial charge in [-0.3, -0.25) is 4.79 Å². The third kappa shape index (κ3) is 2.19. The maximum Gasteiger partial charge on any atom is 0.210 e. The first kappa shape index (κ1) is 11.7. The number of carbonyl (C=O) groups excluding carboxylic acids is 1. The Bertz CT molecular complexity index is 550. The van der Waals surface area contributed by atoms with Gasteiger partial charge in [-0.25, -0.2) is 0 Å². The van der Waals surface area contributed by atoms with Crippen molar-refractivity contribution in [2.45, 2.75) is 13.8 Å². The zero-order valence-electron chi connectivity index (χ0n) is 9.85. The Morgan fingerprint density at radius 1 is 1.35 bits per heavy atom. The maximum absolute atomic E-state index is 12.3. The summed E-state index contributed by atoms with van der Waals surface area (Å²) in [4.78, 5) is 12.8. The van der Waals surface area contributed by atoms with Gasteiger partial charge in [-0.1, -0.05) is 10.6 Å². The molecule has 0 aliphatic rings. The Labute approximate surface area is 103 Å². The summed E-state index contributed by atoms with van der Waals surface area (Å²) in [5.74, 6) is 0.509. The molecule has 0 aliphatic carbocycles. The van der Waals surface area contributed by atoms with Crippen molar-refractivity contribution in [1.82, 2.24) is 9.59 Å². The number of carbonyl (C=O) groups is 1. The summed E-state index contributed by atoms with van der Waals surface area (Å²) < 4.78 is 8.97. The van der Waals surface area contributed by atoms with Crippen molar-refractivity contribution in [3.05, 3.63) is 39.9 Å². The van der Waals surface area contributed by atoms with E-state index in [0.717, 1.165) is 22.7 Å². The van der Waals surface area contributed by atoms with Crippen LogP contribution in [0.5, 0.6) is 5.75 Å². The Morgan fingerprint density at radius 2 is 2.12 bits per heavy atom. The Morgan fingerprint density at radius 3 is 2.71 bits per heavy atom. The van der Waals surface area contributed by atoms with E-state index in [9.17, 15) is 4.79 Å². The first-order chi connectivity index (χ1) is 8.13. The minimum Gasteiger partial charge on any atom is -0.496 e. The van der Waals surface area contributed by atoms with Crippen LogP contribution in [0.25, 0.3) is 0 Å². The lowest BCUT2D eigenvalue weighted by Gasteiger charge is -2.10. The largest absolute Gasteiger partial charge is 0.496 e. The van der Waals surface area contributed by atoms with Crippen LogP contribution in [0.15, 0.2) is 18.3 Å². The number of hydrogen-bond acceptors (Lipinski definition) is 5. The van der Waals surface area contributed by atoms with Crippen molar-refractivity contribution < 1.29 is 9.53 Å². The number of nitrogens with zero attached hydrogens (tertiary/aromatic N) is 2. The lowest BCUT2D eigenvalue weighted by molar-refractivity contribution is 0.103. The normalized spacial score (nSPS) is 10.3. The molecule has 0 aliphatic heterocycles. The monoisotopic (exact) mass is 248 g/mol. The third-order valence-corrected chi connectivity index (χ3v) is 3.14. The molecule has 5 heteroatoms. The van der Waals surface area contributed by atoms with Crippen LogP contribution in [0.4, 0.5) is 0 Å². The fourth-order valence-electron chi connectivity index (χ4n) is 1.77. The number of methoxy groups -OCH3 is 1.